The Balaban J connectivity index is 2.65. The predicted octanol–water partition coefficient (Wildman–Crippen LogP) is 6.66. The molecule has 0 fully saturated rings. The van der Waals surface area contributed by atoms with Gasteiger partial charge in [0.25, 0.3) is 0 Å². The summed E-state index contributed by atoms with van der Waals surface area (Å²) in [6, 6.07) is 8.09. The lowest BCUT2D eigenvalue weighted by Crippen LogP contribution is -2.04. The van der Waals surface area contributed by atoms with Gasteiger partial charge in [-0.15, -0.1) is 11.6 Å². The summed E-state index contributed by atoms with van der Waals surface area (Å²) in [7, 11) is 0. The fourth-order valence-electron chi connectivity index (χ4n) is 2.50. The summed E-state index contributed by atoms with van der Waals surface area (Å²) in [5, 5.41) is 0.448. The van der Waals surface area contributed by atoms with E-state index in [9.17, 15) is 0 Å². The molecule has 0 aromatic heterocycles. The number of hydrogen-bond donors (Lipinski definition) is 0. The first-order valence-corrected chi connectivity index (χ1v) is 8.10. The minimum absolute atomic E-state index is 0.237. The molecule has 0 amide bonds. The molecule has 0 saturated carbocycles. The van der Waals surface area contributed by atoms with Crippen LogP contribution in [0.15, 0.2) is 28.7 Å². The first-order chi connectivity index (χ1) is 9.34. The van der Waals surface area contributed by atoms with Crippen LogP contribution in [0.1, 0.15) is 38.8 Å². The summed E-state index contributed by atoms with van der Waals surface area (Å²) in [6.45, 7) is 8.49. The van der Waals surface area contributed by atoms with Gasteiger partial charge in [-0.25, -0.2) is 0 Å². The molecular weight excluding hydrogens is 355 g/mol. The summed E-state index contributed by atoms with van der Waals surface area (Å²) >= 11 is 16.6. The van der Waals surface area contributed by atoms with Crippen molar-refractivity contribution in [3.05, 3.63) is 67.1 Å². The van der Waals surface area contributed by atoms with Crippen LogP contribution in [0.2, 0.25) is 5.02 Å². The molecule has 0 aliphatic heterocycles. The summed E-state index contributed by atoms with van der Waals surface area (Å²) in [6.07, 6.45) is 0. The molecule has 0 aliphatic rings. The minimum Gasteiger partial charge on any atom is -0.113 e. The summed E-state index contributed by atoms with van der Waals surface area (Å²) in [5.41, 5.74) is 7.12. The number of aryl methyl sites for hydroxylation is 2. The zero-order chi connectivity index (χ0) is 15.0. The van der Waals surface area contributed by atoms with E-state index in [1.807, 2.05) is 18.2 Å². The Kier molecular flexibility index (Phi) is 4.84. The molecule has 1 unspecified atom stereocenters. The maximum atomic E-state index is 6.76. The minimum atomic E-state index is -0.237. The summed E-state index contributed by atoms with van der Waals surface area (Å²) in [4.78, 5) is 0. The van der Waals surface area contributed by atoms with Gasteiger partial charge in [-0.1, -0.05) is 29.8 Å². The SMILES string of the molecule is Cc1cc(C)c(C)c(C(Cl)c2cccc(Br)c2Cl)c1C. The second kappa shape index (κ2) is 6.09. The van der Waals surface area contributed by atoms with Crippen molar-refractivity contribution in [3.8, 4) is 0 Å². The maximum absolute atomic E-state index is 6.76. The fraction of sp³-hybridized carbons (Fsp3) is 0.294. The average Bonchev–Trinajstić information content (AvgIpc) is 2.40. The van der Waals surface area contributed by atoms with Crippen molar-refractivity contribution in [1.82, 2.24) is 0 Å². The van der Waals surface area contributed by atoms with Crippen molar-refractivity contribution in [2.75, 3.05) is 0 Å². The third-order valence-corrected chi connectivity index (χ3v) is 5.70. The van der Waals surface area contributed by atoms with E-state index in [2.05, 4.69) is 49.7 Å². The molecular formula is C17H17BrCl2. The van der Waals surface area contributed by atoms with Crippen LogP contribution >= 0.6 is 39.1 Å². The number of halogens is 3. The van der Waals surface area contributed by atoms with Crippen LogP contribution < -0.4 is 0 Å². The molecule has 0 nitrogen and oxygen atoms in total. The Morgan fingerprint density at radius 1 is 1.00 bits per heavy atom. The highest BCUT2D eigenvalue weighted by Gasteiger charge is 2.21. The lowest BCUT2D eigenvalue weighted by Gasteiger charge is -2.21. The van der Waals surface area contributed by atoms with Crippen molar-refractivity contribution < 1.29 is 0 Å². The Morgan fingerprint density at radius 2 is 1.55 bits per heavy atom. The molecule has 2 aromatic rings. The first-order valence-electron chi connectivity index (χ1n) is 6.49. The second-order valence-electron chi connectivity index (χ2n) is 5.18. The van der Waals surface area contributed by atoms with Crippen LogP contribution in [-0.2, 0) is 0 Å². The van der Waals surface area contributed by atoms with E-state index in [0.717, 1.165) is 10.0 Å². The van der Waals surface area contributed by atoms with Gasteiger partial charge in [0, 0.05) is 4.47 Å². The predicted molar refractivity (Wildman–Crippen MR) is 92.2 cm³/mol. The normalized spacial score (nSPS) is 12.6. The van der Waals surface area contributed by atoms with Crippen LogP contribution in [0.3, 0.4) is 0 Å². The maximum Gasteiger partial charge on any atom is 0.0855 e. The lowest BCUT2D eigenvalue weighted by molar-refractivity contribution is 1.05. The topological polar surface area (TPSA) is 0 Å². The van der Waals surface area contributed by atoms with Gasteiger partial charge in [0.15, 0.2) is 0 Å². The highest BCUT2D eigenvalue weighted by Crippen LogP contribution is 2.40. The molecule has 0 radical (unpaired) electrons. The number of hydrogen-bond acceptors (Lipinski definition) is 0. The summed E-state index contributed by atoms with van der Waals surface area (Å²) in [5.74, 6) is 0. The van der Waals surface area contributed by atoms with Crippen molar-refractivity contribution >= 4 is 39.1 Å². The Hall–Kier alpha value is -0.500. The Labute approximate surface area is 139 Å². The Morgan fingerprint density at radius 3 is 2.10 bits per heavy atom. The van der Waals surface area contributed by atoms with Gasteiger partial charge in [0.05, 0.1) is 10.4 Å². The molecule has 0 spiro atoms. The third kappa shape index (κ3) is 2.77. The second-order valence-corrected chi connectivity index (χ2v) is 6.85. The number of rotatable bonds is 2. The van der Waals surface area contributed by atoms with E-state index in [0.29, 0.717) is 5.02 Å². The molecule has 0 saturated heterocycles. The van der Waals surface area contributed by atoms with Crippen LogP contribution in [0.5, 0.6) is 0 Å². The molecule has 20 heavy (non-hydrogen) atoms. The van der Waals surface area contributed by atoms with Crippen LogP contribution in [-0.4, -0.2) is 0 Å². The van der Waals surface area contributed by atoms with Crippen molar-refractivity contribution in [2.45, 2.75) is 33.1 Å². The molecule has 3 heteroatoms. The number of benzene rings is 2. The highest BCUT2D eigenvalue weighted by atomic mass is 79.9. The van der Waals surface area contributed by atoms with E-state index in [4.69, 9.17) is 23.2 Å². The largest absolute Gasteiger partial charge is 0.113 e. The molecule has 0 heterocycles. The third-order valence-electron chi connectivity index (χ3n) is 3.93. The van der Waals surface area contributed by atoms with E-state index in [1.54, 1.807) is 0 Å². The zero-order valence-electron chi connectivity index (χ0n) is 12.0. The van der Waals surface area contributed by atoms with Gasteiger partial charge in [-0.05, 0) is 83.1 Å². The van der Waals surface area contributed by atoms with Gasteiger partial charge in [0.1, 0.15) is 0 Å². The molecule has 2 rings (SSSR count). The first kappa shape index (κ1) is 15.9. The van der Waals surface area contributed by atoms with Gasteiger partial charge in [-0.2, -0.15) is 0 Å². The van der Waals surface area contributed by atoms with Crippen molar-refractivity contribution in [2.24, 2.45) is 0 Å². The van der Waals surface area contributed by atoms with E-state index in [1.165, 1.54) is 27.8 Å². The van der Waals surface area contributed by atoms with Gasteiger partial charge < -0.3 is 0 Å². The van der Waals surface area contributed by atoms with Gasteiger partial charge in [-0.3, -0.25) is 0 Å². The van der Waals surface area contributed by atoms with E-state index >= 15 is 0 Å². The smallest absolute Gasteiger partial charge is 0.0855 e. The molecule has 0 bridgehead atoms. The van der Waals surface area contributed by atoms with Crippen LogP contribution in [0.4, 0.5) is 0 Å². The van der Waals surface area contributed by atoms with Crippen LogP contribution in [0.25, 0.3) is 0 Å². The molecule has 1 atom stereocenters. The van der Waals surface area contributed by atoms with E-state index < -0.39 is 0 Å². The average molecular weight is 372 g/mol. The Bertz CT molecular complexity index is 636. The van der Waals surface area contributed by atoms with Crippen molar-refractivity contribution in [1.29, 1.82) is 0 Å². The van der Waals surface area contributed by atoms with Crippen molar-refractivity contribution in [3.63, 3.8) is 0 Å². The molecule has 2 aromatic carbocycles. The fourth-order valence-corrected chi connectivity index (χ4v) is 3.68. The zero-order valence-corrected chi connectivity index (χ0v) is 15.1. The highest BCUT2D eigenvalue weighted by molar-refractivity contribution is 9.10. The number of alkyl halides is 1. The summed E-state index contributed by atoms with van der Waals surface area (Å²) < 4.78 is 0.877. The molecule has 106 valence electrons. The quantitative estimate of drug-likeness (QED) is 0.517. The molecule has 0 N–H and O–H groups in total. The van der Waals surface area contributed by atoms with Gasteiger partial charge >= 0.3 is 0 Å². The lowest BCUT2D eigenvalue weighted by atomic mass is 9.90. The van der Waals surface area contributed by atoms with Crippen LogP contribution in [0, 0.1) is 27.7 Å². The molecule has 0 aliphatic carbocycles. The monoisotopic (exact) mass is 370 g/mol. The van der Waals surface area contributed by atoms with E-state index in [-0.39, 0.29) is 5.38 Å². The van der Waals surface area contributed by atoms with Gasteiger partial charge in [0.2, 0.25) is 0 Å². The standard InChI is InChI=1S/C17H17BrCl2/c1-9-8-10(2)12(4)15(11(9)3)17(20)13-6-5-7-14(18)16(13)19/h5-8,17H,1-4H3.